The van der Waals surface area contributed by atoms with Crippen LogP contribution in [0.4, 0.5) is 0 Å². The van der Waals surface area contributed by atoms with Gasteiger partial charge in [-0.1, -0.05) is 12.8 Å². The van der Waals surface area contributed by atoms with Gasteiger partial charge < -0.3 is 15.4 Å². The molecule has 1 amide bonds. The van der Waals surface area contributed by atoms with Gasteiger partial charge in [0, 0.05) is 26.3 Å². The molecule has 3 unspecified atom stereocenters. The minimum atomic E-state index is 0.0568. The Bertz CT molecular complexity index is 340. The van der Waals surface area contributed by atoms with Gasteiger partial charge in [-0.05, 0) is 49.9 Å². The quantitative estimate of drug-likeness (QED) is 0.780. The van der Waals surface area contributed by atoms with Crippen LogP contribution in [0.25, 0.3) is 0 Å². The Morgan fingerprint density at radius 1 is 1.35 bits per heavy atom. The predicted molar refractivity (Wildman–Crippen MR) is 78.5 cm³/mol. The molecule has 2 aliphatic carbocycles. The fourth-order valence-corrected chi connectivity index (χ4v) is 3.93. The number of hydrogen-bond acceptors (Lipinski definition) is 3. The highest BCUT2D eigenvalue weighted by Gasteiger charge is 2.43. The third kappa shape index (κ3) is 3.17. The smallest absolute Gasteiger partial charge is 0.237 e. The van der Waals surface area contributed by atoms with Gasteiger partial charge in [0.1, 0.15) is 0 Å². The maximum Gasteiger partial charge on any atom is 0.237 e. The summed E-state index contributed by atoms with van der Waals surface area (Å²) in [6.45, 7) is 1.64. The summed E-state index contributed by atoms with van der Waals surface area (Å²) < 4.78 is 5.16. The number of hydrogen-bond donors (Lipinski definition) is 2. The highest BCUT2D eigenvalue weighted by Crippen LogP contribution is 2.48. The molecule has 114 valence electrons. The fraction of sp³-hybridized carbons (Fsp3) is 0.938. The van der Waals surface area contributed by atoms with E-state index in [1.165, 1.54) is 38.5 Å². The molecule has 4 nitrogen and oxygen atoms in total. The van der Waals surface area contributed by atoms with Crippen LogP contribution in [0.15, 0.2) is 0 Å². The Labute approximate surface area is 122 Å². The number of methoxy groups -OCH3 is 1. The molecule has 2 N–H and O–H groups in total. The molecular formula is C16H28N2O2. The van der Waals surface area contributed by atoms with Crippen LogP contribution in [0, 0.1) is 11.3 Å². The third-order valence-corrected chi connectivity index (χ3v) is 5.61. The fourth-order valence-electron chi connectivity index (χ4n) is 3.93. The van der Waals surface area contributed by atoms with Crippen LogP contribution in [-0.4, -0.2) is 38.3 Å². The average molecular weight is 280 g/mol. The first-order chi connectivity index (χ1) is 9.72. The molecule has 3 aliphatic rings. The molecule has 0 spiro atoms. The number of fused-ring (bicyclic) bond motifs is 1. The molecule has 0 bridgehead atoms. The maximum atomic E-state index is 12.3. The average Bonchev–Trinajstić information content (AvgIpc) is 3.11. The lowest BCUT2D eigenvalue weighted by molar-refractivity contribution is -0.123. The van der Waals surface area contributed by atoms with Gasteiger partial charge in [0.2, 0.25) is 5.91 Å². The number of ether oxygens (including phenoxy) is 1. The minimum Gasteiger partial charge on any atom is -0.385 e. The van der Waals surface area contributed by atoms with Crippen molar-refractivity contribution in [1.82, 2.24) is 10.6 Å². The van der Waals surface area contributed by atoms with Crippen LogP contribution in [0.2, 0.25) is 0 Å². The Morgan fingerprint density at radius 2 is 2.15 bits per heavy atom. The van der Waals surface area contributed by atoms with Crippen LogP contribution in [0.5, 0.6) is 0 Å². The molecule has 2 saturated carbocycles. The molecule has 3 fully saturated rings. The zero-order valence-corrected chi connectivity index (χ0v) is 12.6. The second-order valence-corrected chi connectivity index (χ2v) is 7.07. The lowest BCUT2D eigenvalue weighted by atomic mass is 9.85. The van der Waals surface area contributed by atoms with E-state index in [0.29, 0.717) is 11.5 Å². The summed E-state index contributed by atoms with van der Waals surface area (Å²) in [5.41, 5.74) is 0.344. The summed E-state index contributed by atoms with van der Waals surface area (Å²) in [5, 5.41) is 6.74. The number of amides is 1. The summed E-state index contributed by atoms with van der Waals surface area (Å²) in [6, 6.07) is 0.657. The second-order valence-electron chi connectivity index (χ2n) is 7.07. The van der Waals surface area contributed by atoms with Gasteiger partial charge in [-0.15, -0.1) is 0 Å². The molecule has 1 heterocycles. The third-order valence-electron chi connectivity index (χ3n) is 5.61. The number of nitrogens with one attached hydrogen (secondary N) is 2. The highest BCUT2D eigenvalue weighted by atomic mass is 16.5. The van der Waals surface area contributed by atoms with Gasteiger partial charge >= 0.3 is 0 Å². The van der Waals surface area contributed by atoms with Gasteiger partial charge in [0.05, 0.1) is 6.04 Å². The number of carbonyl (C=O) groups excluding carboxylic acids is 1. The molecule has 1 aliphatic heterocycles. The van der Waals surface area contributed by atoms with Crippen LogP contribution in [0.1, 0.15) is 51.4 Å². The Balaban J connectivity index is 1.43. The van der Waals surface area contributed by atoms with E-state index in [1.807, 2.05) is 0 Å². The first kappa shape index (κ1) is 14.3. The first-order valence-electron chi connectivity index (χ1n) is 8.25. The largest absolute Gasteiger partial charge is 0.385 e. The van der Waals surface area contributed by atoms with Crippen molar-refractivity contribution in [3.05, 3.63) is 0 Å². The number of rotatable bonds is 6. The van der Waals surface area contributed by atoms with Gasteiger partial charge in [-0.2, -0.15) is 0 Å². The van der Waals surface area contributed by atoms with E-state index in [1.54, 1.807) is 7.11 Å². The van der Waals surface area contributed by atoms with Crippen molar-refractivity contribution in [1.29, 1.82) is 0 Å². The molecule has 20 heavy (non-hydrogen) atoms. The lowest BCUT2D eigenvalue weighted by Crippen LogP contribution is -2.44. The van der Waals surface area contributed by atoms with Crippen LogP contribution in [0.3, 0.4) is 0 Å². The van der Waals surface area contributed by atoms with Crippen molar-refractivity contribution in [3.63, 3.8) is 0 Å². The van der Waals surface area contributed by atoms with Crippen molar-refractivity contribution >= 4 is 5.91 Å². The zero-order chi connectivity index (χ0) is 14.0. The van der Waals surface area contributed by atoms with Crippen LogP contribution < -0.4 is 10.6 Å². The van der Waals surface area contributed by atoms with Crippen LogP contribution >= 0.6 is 0 Å². The van der Waals surface area contributed by atoms with Gasteiger partial charge in [0.15, 0.2) is 0 Å². The standard InChI is InChI=1S/C16H28N2O2/c1-20-9-8-16(6-7-16)11-17-15(19)14-10-12-4-2-3-5-13(12)18-14/h12-14,18H,2-11H2,1H3,(H,17,19). The highest BCUT2D eigenvalue weighted by molar-refractivity contribution is 5.82. The summed E-state index contributed by atoms with van der Waals surface area (Å²) in [5.74, 6) is 0.964. The van der Waals surface area contributed by atoms with Gasteiger partial charge in [-0.3, -0.25) is 4.79 Å². The van der Waals surface area contributed by atoms with E-state index in [0.717, 1.165) is 31.9 Å². The molecule has 0 radical (unpaired) electrons. The van der Waals surface area contributed by atoms with E-state index >= 15 is 0 Å². The Morgan fingerprint density at radius 3 is 2.85 bits per heavy atom. The molecule has 3 rings (SSSR count). The minimum absolute atomic E-state index is 0.0568. The van der Waals surface area contributed by atoms with E-state index in [9.17, 15) is 4.79 Å². The normalized spacial score (nSPS) is 34.5. The molecule has 1 saturated heterocycles. The first-order valence-corrected chi connectivity index (χ1v) is 8.25. The van der Waals surface area contributed by atoms with Crippen molar-refractivity contribution in [2.45, 2.75) is 63.5 Å². The van der Waals surface area contributed by atoms with Crippen molar-refractivity contribution in [3.8, 4) is 0 Å². The lowest BCUT2D eigenvalue weighted by Gasteiger charge is -2.24. The SMILES string of the molecule is COCCC1(CNC(=O)C2CC3CCCCC3N2)CC1. The summed E-state index contributed by atoms with van der Waals surface area (Å²) in [4.78, 5) is 12.3. The van der Waals surface area contributed by atoms with E-state index in [4.69, 9.17) is 4.74 Å². The molecule has 0 aromatic rings. The van der Waals surface area contributed by atoms with E-state index < -0.39 is 0 Å². The molecular weight excluding hydrogens is 252 g/mol. The Hall–Kier alpha value is -0.610. The maximum absolute atomic E-state index is 12.3. The Kier molecular flexibility index (Phi) is 4.32. The summed E-state index contributed by atoms with van der Waals surface area (Å²) >= 11 is 0. The summed E-state index contributed by atoms with van der Waals surface area (Å²) in [6.07, 6.45) is 9.82. The van der Waals surface area contributed by atoms with Crippen molar-refractivity contribution in [2.24, 2.45) is 11.3 Å². The monoisotopic (exact) mass is 280 g/mol. The molecule has 3 atom stereocenters. The number of carbonyl (C=O) groups is 1. The summed E-state index contributed by atoms with van der Waals surface area (Å²) in [7, 11) is 1.75. The molecule has 4 heteroatoms. The van der Waals surface area contributed by atoms with Crippen LogP contribution in [-0.2, 0) is 9.53 Å². The predicted octanol–water partition coefficient (Wildman–Crippen LogP) is 1.84. The van der Waals surface area contributed by atoms with Gasteiger partial charge in [-0.25, -0.2) is 0 Å². The van der Waals surface area contributed by atoms with E-state index in [2.05, 4.69) is 10.6 Å². The van der Waals surface area contributed by atoms with Crippen molar-refractivity contribution in [2.75, 3.05) is 20.3 Å². The topological polar surface area (TPSA) is 50.4 Å². The van der Waals surface area contributed by atoms with Gasteiger partial charge in [0.25, 0.3) is 0 Å². The van der Waals surface area contributed by atoms with E-state index in [-0.39, 0.29) is 11.9 Å². The zero-order valence-electron chi connectivity index (χ0n) is 12.6. The molecule has 0 aromatic heterocycles. The van der Waals surface area contributed by atoms with Crippen molar-refractivity contribution < 1.29 is 9.53 Å². The second kappa shape index (κ2) is 6.02. The molecule has 0 aromatic carbocycles.